The number of benzene rings is 2. The van der Waals surface area contributed by atoms with Gasteiger partial charge in [-0.15, -0.1) is 11.3 Å². The number of carbonyl (C=O) groups is 1. The second-order valence-corrected chi connectivity index (χ2v) is 7.49. The average molecular weight is 402 g/mol. The predicted octanol–water partition coefficient (Wildman–Crippen LogP) is 5.93. The molecule has 0 aliphatic rings. The molecule has 2 heterocycles. The van der Waals surface area contributed by atoms with Gasteiger partial charge in [0.1, 0.15) is 0 Å². The van der Waals surface area contributed by atoms with Crippen molar-refractivity contribution in [2.45, 2.75) is 6.92 Å². The van der Waals surface area contributed by atoms with Crippen molar-refractivity contribution < 1.29 is 4.79 Å². The van der Waals surface area contributed by atoms with Gasteiger partial charge in [0.2, 0.25) is 0 Å². The van der Waals surface area contributed by atoms with Gasteiger partial charge in [-0.05, 0) is 37.3 Å². The van der Waals surface area contributed by atoms with Crippen LogP contribution in [0.5, 0.6) is 0 Å². The van der Waals surface area contributed by atoms with Crippen LogP contribution in [0, 0.1) is 6.92 Å². The topological polar surface area (TPSA) is 46.4 Å². The molecule has 130 valence electrons. The fraction of sp³-hybridized carbons (Fsp3) is 0.0526. The first-order chi connectivity index (χ1) is 12.5. The van der Waals surface area contributed by atoms with Gasteiger partial charge in [-0.1, -0.05) is 35.3 Å². The number of nitrogens with one attached hydrogen (secondary N) is 1. The molecule has 0 spiro atoms. The van der Waals surface area contributed by atoms with Crippen molar-refractivity contribution in [1.29, 1.82) is 0 Å². The normalized spacial score (nSPS) is 11.0. The van der Waals surface area contributed by atoms with E-state index >= 15 is 0 Å². The molecular formula is C19H13Cl2N3OS. The number of hydrogen-bond donors (Lipinski definition) is 1. The number of carbonyl (C=O) groups excluding carboxylic acids is 1. The van der Waals surface area contributed by atoms with E-state index < -0.39 is 0 Å². The lowest BCUT2D eigenvalue weighted by atomic mass is 10.1. The molecule has 4 rings (SSSR count). The highest BCUT2D eigenvalue weighted by Gasteiger charge is 2.12. The third-order valence-electron chi connectivity index (χ3n) is 4.00. The number of nitrogens with zero attached hydrogens (tertiary/aromatic N) is 2. The van der Waals surface area contributed by atoms with E-state index in [1.54, 1.807) is 29.5 Å². The molecule has 4 nitrogen and oxygen atoms in total. The van der Waals surface area contributed by atoms with Crippen molar-refractivity contribution >= 4 is 51.1 Å². The molecule has 0 radical (unpaired) electrons. The lowest BCUT2D eigenvalue weighted by Crippen LogP contribution is -2.12. The van der Waals surface area contributed by atoms with E-state index in [-0.39, 0.29) is 5.91 Å². The number of hydrogen-bond acceptors (Lipinski definition) is 3. The Bertz CT molecular complexity index is 1120. The summed E-state index contributed by atoms with van der Waals surface area (Å²) in [7, 11) is 0. The Morgan fingerprint density at radius 3 is 2.65 bits per heavy atom. The average Bonchev–Trinajstić information content (AvgIpc) is 3.20. The minimum absolute atomic E-state index is 0.302. The molecule has 0 bridgehead atoms. The van der Waals surface area contributed by atoms with Crippen LogP contribution < -0.4 is 5.32 Å². The highest BCUT2D eigenvalue weighted by atomic mass is 35.5. The standard InChI is InChI=1S/C19H13Cl2N3OS/c1-11-10-26-19-23-17(9-24(11)19)12-2-5-14(6-3-12)22-18(25)15-8-13(20)4-7-16(15)21/h2-10H,1H3,(H,22,25). The first kappa shape index (κ1) is 17.1. The molecule has 1 amide bonds. The second-order valence-electron chi connectivity index (χ2n) is 5.81. The Labute approximate surface area is 164 Å². The second kappa shape index (κ2) is 6.76. The van der Waals surface area contributed by atoms with Gasteiger partial charge >= 0.3 is 0 Å². The van der Waals surface area contributed by atoms with Gasteiger partial charge in [-0.3, -0.25) is 9.20 Å². The lowest BCUT2D eigenvalue weighted by Gasteiger charge is -2.08. The summed E-state index contributed by atoms with van der Waals surface area (Å²) in [4.78, 5) is 18.0. The van der Waals surface area contributed by atoms with Gasteiger partial charge in [0, 0.05) is 33.5 Å². The van der Waals surface area contributed by atoms with Gasteiger partial charge in [0.15, 0.2) is 4.96 Å². The number of thiazole rings is 1. The summed E-state index contributed by atoms with van der Waals surface area (Å²) in [5, 5.41) is 5.73. The predicted molar refractivity (Wildman–Crippen MR) is 108 cm³/mol. The van der Waals surface area contributed by atoms with Crippen molar-refractivity contribution in [2.75, 3.05) is 5.32 Å². The van der Waals surface area contributed by atoms with Crippen molar-refractivity contribution in [3.8, 4) is 11.3 Å². The number of amides is 1. The number of anilines is 1. The zero-order chi connectivity index (χ0) is 18.3. The zero-order valence-electron chi connectivity index (χ0n) is 13.7. The van der Waals surface area contributed by atoms with Crippen LogP contribution in [0.25, 0.3) is 16.2 Å². The molecule has 4 aromatic rings. The monoisotopic (exact) mass is 401 g/mol. The summed E-state index contributed by atoms with van der Waals surface area (Å²) in [6.45, 7) is 2.05. The maximum Gasteiger partial charge on any atom is 0.257 e. The fourth-order valence-corrected chi connectivity index (χ4v) is 3.85. The number of halogens is 2. The third kappa shape index (κ3) is 3.21. The summed E-state index contributed by atoms with van der Waals surface area (Å²) in [5.41, 5.74) is 4.06. The number of imidazole rings is 1. The molecule has 0 fully saturated rings. The maximum atomic E-state index is 12.4. The Kier molecular flexibility index (Phi) is 4.44. The summed E-state index contributed by atoms with van der Waals surface area (Å²) in [6.07, 6.45) is 2.01. The van der Waals surface area contributed by atoms with E-state index in [0.717, 1.165) is 21.9 Å². The summed E-state index contributed by atoms with van der Waals surface area (Å²) in [6, 6.07) is 12.3. The SMILES string of the molecule is Cc1csc2nc(-c3ccc(NC(=O)c4cc(Cl)ccc4Cl)cc3)cn12. The lowest BCUT2D eigenvalue weighted by molar-refractivity contribution is 0.102. The van der Waals surface area contributed by atoms with Crippen molar-refractivity contribution in [2.24, 2.45) is 0 Å². The molecule has 7 heteroatoms. The Morgan fingerprint density at radius 1 is 1.15 bits per heavy atom. The van der Waals surface area contributed by atoms with Crippen LogP contribution in [-0.2, 0) is 0 Å². The summed E-state index contributed by atoms with van der Waals surface area (Å²) in [5.74, 6) is -0.302. The highest BCUT2D eigenvalue weighted by molar-refractivity contribution is 7.15. The Morgan fingerprint density at radius 2 is 1.92 bits per heavy atom. The molecule has 2 aromatic carbocycles. The molecule has 2 aromatic heterocycles. The van der Waals surface area contributed by atoms with Gasteiger partial charge in [-0.25, -0.2) is 4.98 Å². The van der Waals surface area contributed by atoms with E-state index in [1.807, 2.05) is 30.5 Å². The van der Waals surface area contributed by atoms with Crippen molar-refractivity contribution in [1.82, 2.24) is 9.38 Å². The minimum Gasteiger partial charge on any atom is -0.322 e. The quantitative estimate of drug-likeness (QED) is 0.462. The van der Waals surface area contributed by atoms with Crippen molar-refractivity contribution in [3.63, 3.8) is 0 Å². The van der Waals surface area contributed by atoms with E-state index in [9.17, 15) is 4.79 Å². The molecule has 0 saturated carbocycles. The van der Waals surface area contributed by atoms with Crippen LogP contribution in [-0.4, -0.2) is 15.3 Å². The molecule has 0 unspecified atom stereocenters. The highest BCUT2D eigenvalue weighted by Crippen LogP contribution is 2.26. The molecule has 0 aliphatic carbocycles. The molecular weight excluding hydrogens is 389 g/mol. The van der Waals surface area contributed by atoms with Gasteiger partial charge in [0.25, 0.3) is 5.91 Å². The smallest absolute Gasteiger partial charge is 0.257 e. The van der Waals surface area contributed by atoms with E-state index in [4.69, 9.17) is 23.2 Å². The molecule has 0 saturated heterocycles. The number of rotatable bonds is 3. The van der Waals surface area contributed by atoms with Gasteiger partial charge in [-0.2, -0.15) is 0 Å². The third-order valence-corrected chi connectivity index (χ3v) is 5.52. The number of fused-ring (bicyclic) bond motifs is 1. The minimum atomic E-state index is -0.302. The fourth-order valence-electron chi connectivity index (χ4n) is 2.63. The Balaban J connectivity index is 1.55. The number of aromatic nitrogens is 2. The summed E-state index contributed by atoms with van der Waals surface area (Å²) < 4.78 is 2.07. The van der Waals surface area contributed by atoms with Crippen molar-refractivity contribution in [3.05, 3.63) is 75.3 Å². The molecule has 0 aliphatic heterocycles. The van der Waals surface area contributed by atoms with E-state index in [1.165, 1.54) is 0 Å². The van der Waals surface area contributed by atoms with E-state index in [2.05, 4.69) is 27.0 Å². The first-order valence-corrected chi connectivity index (χ1v) is 9.45. The maximum absolute atomic E-state index is 12.4. The van der Waals surface area contributed by atoms with Crippen LogP contribution in [0.2, 0.25) is 10.0 Å². The molecule has 26 heavy (non-hydrogen) atoms. The molecule has 0 atom stereocenters. The van der Waals surface area contributed by atoms with Gasteiger partial charge < -0.3 is 5.32 Å². The van der Waals surface area contributed by atoms with Crippen LogP contribution in [0.3, 0.4) is 0 Å². The van der Waals surface area contributed by atoms with Crippen LogP contribution in [0.1, 0.15) is 16.1 Å². The van der Waals surface area contributed by atoms with Crippen LogP contribution in [0.4, 0.5) is 5.69 Å². The Hall–Kier alpha value is -2.34. The van der Waals surface area contributed by atoms with Gasteiger partial charge in [0.05, 0.1) is 16.3 Å². The number of aryl methyl sites for hydroxylation is 1. The first-order valence-electron chi connectivity index (χ1n) is 7.81. The van der Waals surface area contributed by atoms with Crippen LogP contribution in [0.15, 0.2) is 54.0 Å². The van der Waals surface area contributed by atoms with E-state index in [0.29, 0.717) is 21.3 Å². The van der Waals surface area contributed by atoms with Crippen LogP contribution >= 0.6 is 34.5 Å². The zero-order valence-corrected chi connectivity index (χ0v) is 16.0. The summed E-state index contributed by atoms with van der Waals surface area (Å²) >= 11 is 13.6. The largest absolute Gasteiger partial charge is 0.322 e. The molecule has 1 N–H and O–H groups in total.